The zero-order valence-corrected chi connectivity index (χ0v) is 20.4. The van der Waals surface area contributed by atoms with Gasteiger partial charge in [-0.3, -0.25) is 4.79 Å². The van der Waals surface area contributed by atoms with Crippen molar-refractivity contribution in [2.45, 2.75) is 66.1 Å². The molecular weight excluding hydrogens is 400 g/mol. The van der Waals surface area contributed by atoms with Gasteiger partial charge in [0.2, 0.25) is 0 Å². The average molecular weight is 437 g/mol. The van der Waals surface area contributed by atoms with Gasteiger partial charge in [-0.1, -0.05) is 33.4 Å². The molecule has 4 heteroatoms. The monoisotopic (exact) mass is 436 g/mol. The zero-order valence-electron chi connectivity index (χ0n) is 20.4. The van der Waals surface area contributed by atoms with Crippen LogP contribution in [0.4, 0.5) is 0 Å². The second-order valence-corrected chi connectivity index (χ2v) is 9.29. The van der Waals surface area contributed by atoms with Crippen molar-refractivity contribution in [2.75, 3.05) is 6.61 Å². The van der Waals surface area contributed by atoms with Crippen LogP contribution in [0.25, 0.3) is 6.08 Å². The summed E-state index contributed by atoms with van der Waals surface area (Å²) < 4.78 is 17.6. The average Bonchev–Trinajstić information content (AvgIpc) is 2.70. The molecule has 0 N–H and O–H groups in total. The lowest BCUT2D eigenvalue weighted by Crippen LogP contribution is -2.17. The van der Waals surface area contributed by atoms with Gasteiger partial charge in [0.05, 0.1) is 12.2 Å². The number of carbonyl (C=O) groups excluding carboxylic acids is 1. The third kappa shape index (κ3) is 7.30. The summed E-state index contributed by atoms with van der Waals surface area (Å²) in [7, 11) is 0. The summed E-state index contributed by atoms with van der Waals surface area (Å²) in [5.41, 5.74) is 2.38. The molecule has 0 aliphatic rings. The summed E-state index contributed by atoms with van der Waals surface area (Å²) >= 11 is 0. The van der Waals surface area contributed by atoms with Crippen molar-refractivity contribution in [3.63, 3.8) is 0 Å². The lowest BCUT2D eigenvalue weighted by molar-refractivity contribution is 0.104. The van der Waals surface area contributed by atoms with E-state index in [1.165, 1.54) is 0 Å². The molecule has 32 heavy (non-hydrogen) atoms. The Bertz CT molecular complexity index is 945. The van der Waals surface area contributed by atoms with Crippen LogP contribution >= 0.6 is 0 Å². The maximum Gasteiger partial charge on any atom is 0.185 e. The first kappa shape index (κ1) is 25.3. The summed E-state index contributed by atoms with van der Waals surface area (Å²) in [6, 6.07) is 11.1. The Morgan fingerprint density at radius 3 is 2.09 bits per heavy atom. The Kier molecular flexibility index (Phi) is 8.71. The summed E-state index contributed by atoms with van der Waals surface area (Å²) in [5.74, 6) is 2.12. The van der Waals surface area contributed by atoms with Crippen molar-refractivity contribution in [3.05, 3.63) is 71.8 Å². The van der Waals surface area contributed by atoms with Gasteiger partial charge in [0.15, 0.2) is 5.78 Å². The fraction of sp³-hybridized carbons (Fsp3) is 0.393. The smallest absolute Gasteiger partial charge is 0.185 e. The highest BCUT2D eigenvalue weighted by atomic mass is 16.5. The van der Waals surface area contributed by atoms with Crippen LogP contribution in [0.2, 0.25) is 0 Å². The van der Waals surface area contributed by atoms with E-state index >= 15 is 0 Å². The summed E-state index contributed by atoms with van der Waals surface area (Å²) in [6.07, 6.45) is 5.12. The largest absolute Gasteiger partial charge is 0.491 e. The number of ether oxygens (including phenoxy) is 3. The van der Waals surface area contributed by atoms with Gasteiger partial charge >= 0.3 is 0 Å². The van der Waals surface area contributed by atoms with Crippen molar-refractivity contribution in [1.82, 2.24) is 0 Å². The van der Waals surface area contributed by atoms with Crippen molar-refractivity contribution >= 4 is 11.9 Å². The predicted octanol–water partition coefficient (Wildman–Crippen LogP) is 7.02. The van der Waals surface area contributed by atoms with Crippen molar-refractivity contribution in [1.29, 1.82) is 0 Å². The molecule has 0 unspecified atom stereocenters. The number of rotatable bonds is 10. The van der Waals surface area contributed by atoms with Gasteiger partial charge < -0.3 is 14.2 Å². The first-order valence-corrected chi connectivity index (χ1v) is 11.1. The molecule has 0 heterocycles. The van der Waals surface area contributed by atoms with E-state index in [-0.39, 0.29) is 23.4 Å². The summed E-state index contributed by atoms with van der Waals surface area (Å²) in [4.78, 5) is 12.8. The predicted molar refractivity (Wildman–Crippen MR) is 132 cm³/mol. The van der Waals surface area contributed by atoms with Crippen LogP contribution in [0, 0.1) is 0 Å². The van der Waals surface area contributed by atoms with E-state index in [0.29, 0.717) is 23.7 Å². The minimum Gasteiger partial charge on any atom is -0.491 e. The third-order valence-electron chi connectivity index (χ3n) is 4.57. The van der Waals surface area contributed by atoms with Crippen molar-refractivity contribution in [2.24, 2.45) is 0 Å². The number of hydrogen-bond acceptors (Lipinski definition) is 4. The minimum atomic E-state index is -0.131. The van der Waals surface area contributed by atoms with E-state index in [9.17, 15) is 4.79 Å². The van der Waals surface area contributed by atoms with E-state index in [1.54, 1.807) is 36.4 Å². The van der Waals surface area contributed by atoms with Gasteiger partial charge in [-0.05, 0) is 75.6 Å². The Balaban J connectivity index is 2.39. The molecule has 0 amide bonds. The van der Waals surface area contributed by atoms with Gasteiger partial charge in [0.25, 0.3) is 0 Å². The fourth-order valence-electron chi connectivity index (χ4n) is 3.13. The number of hydrogen-bond donors (Lipinski definition) is 0. The number of carbonyl (C=O) groups is 1. The highest BCUT2D eigenvalue weighted by Crippen LogP contribution is 2.38. The number of allylic oxidation sites excluding steroid dienone is 1. The molecule has 0 spiro atoms. The molecule has 0 saturated heterocycles. The number of ketones is 1. The lowest BCUT2D eigenvalue weighted by Gasteiger charge is -2.26. The van der Waals surface area contributed by atoms with Gasteiger partial charge in [0.1, 0.15) is 23.9 Å². The van der Waals surface area contributed by atoms with Crippen LogP contribution in [0.3, 0.4) is 0 Å². The highest BCUT2D eigenvalue weighted by molar-refractivity contribution is 6.07. The summed E-state index contributed by atoms with van der Waals surface area (Å²) in [5, 5.41) is 0. The molecule has 0 radical (unpaired) electrons. The maximum absolute atomic E-state index is 12.8. The Labute approximate surface area is 192 Å². The van der Waals surface area contributed by atoms with Crippen LogP contribution in [-0.4, -0.2) is 24.6 Å². The fourth-order valence-corrected chi connectivity index (χ4v) is 3.13. The van der Waals surface area contributed by atoms with Crippen LogP contribution in [0.5, 0.6) is 17.2 Å². The maximum atomic E-state index is 12.8. The van der Waals surface area contributed by atoms with Gasteiger partial charge in [-0.15, -0.1) is 0 Å². The quantitative estimate of drug-likeness (QED) is 0.228. The van der Waals surface area contributed by atoms with E-state index < -0.39 is 0 Å². The van der Waals surface area contributed by atoms with E-state index in [4.69, 9.17) is 14.2 Å². The van der Waals surface area contributed by atoms with Crippen LogP contribution in [0.15, 0.2) is 55.1 Å². The zero-order chi connectivity index (χ0) is 23.9. The second kappa shape index (κ2) is 11.0. The Morgan fingerprint density at radius 1 is 0.969 bits per heavy atom. The first-order chi connectivity index (χ1) is 15.0. The third-order valence-corrected chi connectivity index (χ3v) is 4.57. The van der Waals surface area contributed by atoms with Crippen LogP contribution in [0.1, 0.15) is 70.0 Å². The second-order valence-electron chi connectivity index (χ2n) is 9.29. The normalized spacial score (nSPS) is 11.8. The van der Waals surface area contributed by atoms with E-state index in [2.05, 4.69) is 33.4 Å². The van der Waals surface area contributed by atoms with Crippen molar-refractivity contribution < 1.29 is 19.0 Å². The molecule has 2 aromatic carbocycles. The Morgan fingerprint density at radius 2 is 1.56 bits per heavy atom. The molecule has 0 aromatic heterocycles. The lowest BCUT2D eigenvalue weighted by atomic mass is 9.85. The molecule has 0 aliphatic heterocycles. The molecular formula is C28H36O4. The molecule has 0 bridgehead atoms. The Hall–Kier alpha value is -3.01. The van der Waals surface area contributed by atoms with E-state index in [1.807, 2.05) is 39.8 Å². The van der Waals surface area contributed by atoms with Crippen LogP contribution in [-0.2, 0) is 5.41 Å². The molecule has 2 rings (SSSR count). The van der Waals surface area contributed by atoms with Gasteiger partial charge in [-0.25, -0.2) is 0 Å². The molecule has 0 fully saturated rings. The molecule has 0 atom stereocenters. The topological polar surface area (TPSA) is 44.8 Å². The molecule has 4 nitrogen and oxygen atoms in total. The van der Waals surface area contributed by atoms with Crippen molar-refractivity contribution in [3.8, 4) is 17.2 Å². The van der Waals surface area contributed by atoms with Gasteiger partial charge in [0, 0.05) is 22.8 Å². The molecule has 172 valence electrons. The standard InChI is InChI=1S/C28H36O4/c1-9-16-30-23-13-10-21(11-14-23)25(29)15-12-22-17-24(28(6,7)8)27(32-20(4)5)18-26(22)31-19(2)3/h9-15,17-20H,1,16H2,2-8H3. The van der Waals surface area contributed by atoms with Crippen LogP contribution < -0.4 is 14.2 Å². The molecule has 0 saturated carbocycles. The summed E-state index contributed by atoms with van der Waals surface area (Å²) in [6.45, 7) is 18.5. The highest BCUT2D eigenvalue weighted by Gasteiger charge is 2.22. The van der Waals surface area contributed by atoms with Gasteiger partial charge in [-0.2, -0.15) is 0 Å². The minimum absolute atomic E-state index is 0.00616. The SMILES string of the molecule is C=CCOc1ccc(C(=O)C=Cc2cc(C(C)(C)C)c(OC(C)C)cc2OC(C)C)cc1. The van der Waals surface area contributed by atoms with E-state index in [0.717, 1.165) is 16.9 Å². The molecule has 0 aliphatic carbocycles. The first-order valence-electron chi connectivity index (χ1n) is 11.1. The number of benzene rings is 2. The molecule has 2 aromatic rings.